The average molecular weight is 354 g/mol. The average Bonchev–Trinajstić information content (AvgIpc) is 2.58. The van der Waals surface area contributed by atoms with Crippen LogP contribution in [0.25, 0.3) is 28.1 Å². The van der Waals surface area contributed by atoms with Crippen LogP contribution in [0.2, 0.25) is 5.02 Å². The lowest BCUT2D eigenvalue weighted by Crippen LogP contribution is -2.19. The summed E-state index contributed by atoms with van der Waals surface area (Å²) in [5.41, 5.74) is 2.53. The Kier molecular flexibility index (Phi) is 4.39. The highest BCUT2D eigenvalue weighted by molar-refractivity contribution is 6.34. The lowest BCUT2D eigenvalue weighted by atomic mass is 10.0. The third-order valence-electron chi connectivity index (χ3n) is 3.86. The van der Waals surface area contributed by atoms with Gasteiger partial charge < -0.3 is 5.11 Å². The maximum atomic E-state index is 10.9. The molecule has 0 spiro atoms. The fourth-order valence-electron chi connectivity index (χ4n) is 2.56. The van der Waals surface area contributed by atoms with Gasteiger partial charge >= 0.3 is 0 Å². The molecule has 0 amide bonds. The van der Waals surface area contributed by atoms with Crippen molar-refractivity contribution in [2.45, 2.75) is 26.4 Å². The molecule has 0 aliphatic rings. The summed E-state index contributed by atoms with van der Waals surface area (Å²) >= 11 is 6.30. The van der Waals surface area contributed by atoms with Crippen molar-refractivity contribution in [3.8, 4) is 11.1 Å². The van der Waals surface area contributed by atoms with Crippen LogP contribution in [0, 0.1) is 6.92 Å². The summed E-state index contributed by atoms with van der Waals surface area (Å²) in [7, 11) is 0. The predicted molar refractivity (Wildman–Crippen MR) is 97.9 cm³/mol. The summed E-state index contributed by atoms with van der Waals surface area (Å²) in [6, 6.07) is 5.65. The summed E-state index contributed by atoms with van der Waals surface area (Å²) in [6.07, 6.45) is 4.62. The van der Waals surface area contributed by atoms with Crippen molar-refractivity contribution >= 4 is 34.5 Å². The Morgan fingerprint density at radius 3 is 2.48 bits per heavy atom. The van der Waals surface area contributed by atoms with Crippen LogP contribution in [0.15, 0.2) is 30.6 Å². The number of hydrogen-bond acceptors (Lipinski definition) is 5. The number of rotatable bonds is 3. The molecular weight excluding hydrogens is 338 g/mol. The number of benzene rings is 1. The van der Waals surface area contributed by atoms with Gasteiger partial charge in [0.15, 0.2) is 5.82 Å². The molecule has 6 heteroatoms. The largest absolute Gasteiger partial charge is 0.382 e. The number of halogens is 1. The Labute approximate surface area is 150 Å². The Morgan fingerprint density at radius 2 is 1.88 bits per heavy atom. The van der Waals surface area contributed by atoms with E-state index in [9.17, 15) is 9.90 Å². The molecule has 2 aromatic heterocycles. The number of carbonyl (C=O) groups excluding carboxylic acids is 1. The second-order valence-electron chi connectivity index (χ2n) is 6.27. The molecule has 0 saturated carbocycles. The first-order valence-corrected chi connectivity index (χ1v) is 8.05. The van der Waals surface area contributed by atoms with Crippen LogP contribution in [0.5, 0.6) is 0 Å². The smallest absolute Gasteiger partial charge is 0.159 e. The van der Waals surface area contributed by atoms with Crippen molar-refractivity contribution in [1.29, 1.82) is 0 Å². The third-order valence-corrected chi connectivity index (χ3v) is 4.34. The van der Waals surface area contributed by atoms with Crippen LogP contribution in [0.4, 0.5) is 0 Å². The lowest BCUT2D eigenvalue weighted by Gasteiger charge is -2.15. The van der Waals surface area contributed by atoms with Crippen molar-refractivity contribution < 1.29 is 9.90 Å². The molecule has 0 radical (unpaired) electrons. The van der Waals surface area contributed by atoms with Crippen molar-refractivity contribution in [3.63, 3.8) is 0 Å². The predicted octanol–water partition coefficient (Wildman–Crippen LogP) is 3.73. The molecule has 0 aliphatic carbocycles. The van der Waals surface area contributed by atoms with Gasteiger partial charge in [0.25, 0.3) is 0 Å². The number of hydrogen-bond donors (Lipinski definition) is 1. The van der Waals surface area contributed by atoms with Crippen LogP contribution in [-0.4, -0.2) is 26.0 Å². The first kappa shape index (κ1) is 17.2. The van der Waals surface area contributed by atoms with E-state index in [1.807, 2.05) is 18.2 Å². The number of aliphatic hydroxyl groups is 1. The SMILES string of the molecule is Cc1nc2ccc(-c3cnc(C(C)(C)O)nc3)cc2c(C=C=O)c1Cl. The highest BCUT2D eigenvalue weighted by Crippen LogP contribution is 2.31. The summed E-state index contributed by atoms with van der Waals surface area (Å²) in [5, 5.41) is 11.1. The van der Waals surface area contributed by atoms with Gasteiger partial charge in [-0.05, 0) is 38.5 Å². The number of aryl methyl sites for hydroxylation is 1. The Balaban J connectivity index is 2.17. The molecule has 0 unspecified atom stereocenters. The molecule has 5 nitrogen and oxygen atoms in total. The van der Waals surface area contributed by atoms with Crippen molar-refractivity contribution in [2.24, 2.45) is 0 Å². The maximum absolute atomic E-state index is 10.9. The van der Waals surface area contributed by atoms with E-state index in [1.54, 1.807) is 39.1 Å². The van der Waals surface area contributed by atoms with E-state index in [-0.39, 0.29) is 0 Å². The normalized spacial score (nSPS) is 11.4. The van der Waals surface area contributed by atoms with E-state index in [4.69, 9.17) is 11.6 Å². The number of nitrogens with zero attached hydrogens (tertiary/aromatic N) is 3. The van der Waals surface area contributed by atoms with Gasteiger partial charge in [-0.15, -0.1) is 0 Å². The third kappa shape index (κ3) is 3.30. The quantitative estimate of drug-likeness (QED) is 0.726. The standard InChI is InChI=1S/C19H16ClN3O2/c1-11-17(20)14(6-7-24)15-8-12(4-5-16(15)23-11)13-9-21-18(22-10-13)19(2,3)25/h4-6,8-10,25H,1-3H3. The minimum atomic E-state index is -1.10. The summed E-state index contributed by atoms with van der Waals surface area (Å²) in [5.74, 6) is 2.14. The van der Waals surface area contributed by atoms with E-state index in [1.165, 1.54) is 6.08 Å². The van der Waals surface area contributed by atoms with E-state index in [2.05, 4.69) is 15.0 Å². The fraction of sp³-hybridized carbons (Fsp3) is 0.211. The van der Waals surface area contributed by atoms with E-state index in [0.29, 0.717) is 22.1 Å². The van der Waals surface area contributed by atoms with Gasteiger partial charge in [0.05, 0.1) is 16.2 Å². The zero-order valence-electron chi connectivity index (χ0n) is 14.0. The summed E-state index contributed by atoms with van der Waals surface area (Å²) < 4.78 is 0. The van der Waals surface area contributed by atoms with Gasteiger partial charge in [-0.3, -0.25) is 4.98 Å². The van der Waals surface area contributed by atoms with Gasteiger partial charge in [-0.2, -0.15) is 0 Å². The molecule has 1 aromatic carbocycles. The molecule has 126 valence electrons. The Hall–Kier alpha value is -2.59. The van der Waals surface area contributed by atoms with Crippen LogP contribution in [0.3, 0.4) is 0 Å². The minimum absolute atomic E-state index is 0.349. The number of aromatic nitrogens is 3. The topological polar surface area (TPSA) is 76.0 Å². The van der Waals surface area contributed by atoms with Gasteiger partial charge in [0.2, 0.25) is 0 Å². The lowest BCUT2D eigenvalue weighted by molar-refractivity contribution is 0.0687. The molecule has 0 atom stereocenters. The minimum Gasteiger partial charge on any atom is -0.382 e. The molecular formula is C19H16ClN3O2. The molecule has 0 bridgehead atoms. The molecule has 3 rings (SSSR count). The molecule has 0 aliphatic heterocycles. The Morgan fingerprint density at radius 1 is 1.20 bits per heavy atom. The van der Waals surface area contributed by atoms with Crippen LogP contribution in [-0.2, 0) is 10.4 Å². The monoisotopic (exact) mass is 353 g/mol. The zero-order chi connectivity index (χ0) is 18.2. The Bertz CT molecular complexity index is 1000. The second kappa shape index (κ2) is 6.37. The first-order valence-electron chi connectivity index (χ1n) is 7.67. The molecule has 25 heavy (non-hydrogen) atoms. The van der Waals surface area contributed by atoms with E-state index < -0.39 is 5.60 Å². The summed E-state index contributed by atoms with van der Waals surface area (Å²) in [4.78, 5) is 23.8. The number of fused-ring (bicyclic) bond motifs is 1. The molecule has 2 heterocycles. The molecule has 0 saturated heterocycles. The highest BCUT2D eigenvalue weighted by atomic mass is 35.5. The zero-order valence-corrected chi connectivity index (χ0v) is 14.8. The van der Waals surface area contributed by atoms with Crippen molar-refractivity contribution in [2.75, 3.05) is 0 Å². The van der Waals surface area contributed by atoms with E-state index in [0.717, 1.165) is 22.0 Å². The summed E-state index contributed by atoms with van der Waals surface area (Å²) in [6.45, 7) is 5.05. The van der Waals surface area contributed by atoms with Crippen LogP contribution in [0.1, 0.15) is 30.9 Å². The van der Waals surface area contributed by atoms with Crippen LogP contribution >= 0.6 is 11.6 Å². The molecule has 3 aromatic rings. The van der Waals surface area contributed by atoms with Gasteiger partial charge in [0.1, 0.15) is 11.5 Å². The van der Waals surface area contributed by atoms with Gasteiger partial charge in [-0.25, -0.2) is 14.8 Å². The van der Waals surface area contributed by atoms with Gasteiger partial charge in [0, 0.05) is 35.0 Å². The maximum Gasteiger partial charge on any atom is 0.159 e. The number of pyridine rings is 1. The highest BCUT2D eigenvalue weighted by Gasteiger charge is 2.19. The van der Waals surface area contributed by atoms with Gasteiger partial charge in [-0.1, -0.05) is 17.7 Å². The van der Waals surface area contributed by atoms with E-state index >= 15 is 0 Å². The molecule has 1 N–H and O–H groups in total. The van der Waals surface area contributed by atoms with Crippen molar-refractivity contribution in [3.05, 3.63) is 52.7 Å². The van der Waals surface area contributed by atoms with Crippen LogP contribution < -0.4 is 0 Å². The van der Waals surface area contributed by atoms with Crippen molar-refractivity contribution in [1.82, 2.24) is 15.0 Å². The molecule has 0 fully saturated rings. The second-order valence-corrected chi connectivity index (χ2v) is 6.65. The first-order chi connectivity index (χ1) is 11.8. The fourth-order valence-corrected chi connectivity index (χ4v) is 2.76.